The van der Waals surface area contributed by atoms with Gasteiger partial charge in [0, 0.05) is 42.0 Å². The molecule has 2 spiro atoms. The number of esters is 1. The van der Waals surface area contributed by atoms with Crippen LogP contribution in [-0.4, -0.2) is 63.7 Å². The van der Waals surface area contributed by atoms with E-state index in [1.165, 1.54) is 11.1 Å². The molecule has 0 unspecified atom stereocenters. The van der Waals surface area contributed by atoms with Gasteiger partial charge in [0.25, 0.3) is 8.32 Å². The van der Waals surface area contributed by atoms with Crippen molar-refractivity contribution in [2.24, 2.45) is 11.3 Å². The van der Waals surface area contributed by atoms with Gasteiger partial charge >= 0.3 is 5.97 Å². The minimum atomic E-state index is -2.10. The van der Waals surface area contributed by atoms with Crippen LogP contribution >= 0.6 is 0 Å². The second-order valence-corrected chi connectivity index (χ2v) is 18.9. The Morgan fingerprint density at radius 1 is 1.16 bits per heavy atom. The van der Waals surface area contributed by atoms with Crippen molar-refractivity contribution in [1.29, 1.82) is 0 Å². The summed E-state index contributed by atoms with van der Waals surface area (Å²) in [6, 6.07) is 4.81. The van der Waals surface area contributed by atoms with Gasteiger partial charge in [0.2, 0.25) is 0 Å². The minimum absolute atomic E-state index is 0.00607. The first-order valence-corrected chi connectivity index (χ1v) is 17.1. The van der Waals surface area contributed by atoms with Crippen LogP contribution in [0.3, 0.4) is 0 Å². The number of ether oxygens (including phenoxy) is 3. The van der Waals surface area contributed by atoms with E-state index in [9.17, 15) is 4.79 Å². The molecule has 1 aromatic carbocycles. The summed E-state index contributed by atoms with van der Waals surface area (Å²) in [5, 5.41) is 0.0767. The summed E-state index contributed by atoms with van der Waals surface area (Å²) in [5.41, 5.74) is 2.29. The van der Waals surface area contributed by atoms with E-state index in [2.05, 4.69) is 76.7 Å². The molecule has 1 aromatic rings. The molecule has 7 atom stereocenters. The Kier molecular flexibility index (Phi) is 4.82. The maximum Gasteiger partial charge on any atom is 0.333 e. The van der Waals surface area contributed by atoms with Crippen LogP contribution in [-0.2, 0) is 26.1 Å². The van der Waals surface area contributed by atoms with Gasteiger partial charge in [-0.3, -0.25) is 0 Å². The molecule has 204 valence electrons. The molecule has 0 amide bonds. The van der Waals surface area contributed by atoms with Crippen molar-refractivity contribution < 1.29 is 23.4 Å². The molecule has 2 saturated heterocycles. The molecule has 0 aromatic heterocycles. The quantitative estimate of drug-likeness (QED) is 0.230. The zero-order valence-electron chi connectivity index (χ0n) is 23.8. The van der Waals surface area contributed by atoms with Crippen molar-refractivity contribution in [3.05, 3.63) is 47.6 Å². The number of carbonyl (C=O) groups is 1. The molecule has 6 nitrogen and oxygen atoms in total. The van der Waals surface area contributed by atoms with Crippen LogP contribution < -0.4 is 9.16 Å². The summed E-state index contributed by atoms with van der Waals surface area (Å²) in [5.74, 6) is 1.54. The SMILES string of the molecule is C=C1C[C@H]([C@H]2C[C@@]34C=C[C@]2(OC)[C@@H]2Oc5c(O[Si](C)(C)C(C)(C)C)ccc6c5[C@@]23CCN(C)[C@@H]4C6)OC1=O. The predicted octanol–water partition coefficient (Wildman–Crippen LogP) is 5.16. The van der Waals surface area contributed by atoms with Gasteiger partial charge in [-0.15, -0.1) is 0 Å². The van der Waals surface area contributed by atoms with Crippen LogP contribution in [0.1, 0.15) is 51.2 Å². The average molecular weight is 536 g/mol. The number of benzene rings is 1. The fraction of sp³-hybridized carbons (Fsp3) is 0.645. The zero-order chi connectivity index (χ0) is 27.0. The van der Waals surface area contributed by atoms with E-state index >= 15 is 0 Å². The van der Waals surface area contributed by atoms with Crippen LogP contribution in [0.2, 0.25) is 18.1 Å². The highest BCUT2D eigenvalue weighted by Gasteiger charge is 2.80. The molecule has 7 aliphatic rings. The van der Waals surface area contributed by atoms with E-state index < -0.39 is 13.9 Å². The van der Waals surface area contributed by atoms with E-state index in [1.807, 2.05) is 0 Å². The lowest BCUT2D eigenvalue weighted by molar-refractivity contribution is -0.230. The lowest BCUT2D eigenvalue weighted by atomic mass is 9.36. The van der Waals surface area contributed by atoms with Gasteiger partial charge in [-0.1, -0.05) is 45.6 Å². The van der Waals surface area contributed by atoms with Gasteiger partial charge < -0.3 is 23.5 Å². The van der Waals surface area contributed by atoms with Crippen LogP contribution in [0, 0.1) is 11.3 Å². The summed E-state index contributed by atoms with van der Waals surface area (Å²) in [6.45, 7) is 16.4. The van der Waals surface area contributed by atoms with Crippen LogP contribution in [0.4, 0.5) is 0 Å². The van der Waals surface area contributed by atoms with Crippen molar-refractivity contribution in [2.45, 2.75) is 93.9 Å². The van der Waals surface area contributed by atoms with Crippen LogP contribution in [0.25, 0.3) is 0 Å². The second kappa shape index (κ2) is 7.35. The topological polar surface area (TPSA) is 57.2 Å². The monoisotopic (exact) mass is 535 g/mol. The fourth-order valence-electron chi connectivity index (χ4n) is 8.84. The summed E-state index contributed by atoms with van der Waals surface area (Å²) < 4.78 is 26.7. The Morgan fingerprint density at radius 3 is 2.58 bits per heavy atom. The first-order chi connectivity index (χ1) is 17.8. The number of piperidine rings is 1. The van der Waals surface area contributed by atoms with Crippen molar-refractivity contribution in [3.8, 4) is 11.5 Å². The smallest absolute Gasteiger partial charge is 0.333 e. The highest BCUT2D eigenvalue weighted by Crippen LogP contribution is 2.75. The van der Waals surface area contributed by atoms with Gasteiger partial charge in [0.05, 0.1) is 5.41 Å². The summed E-state index contributed by atoms with van der Waals surface area (Å²) in [6.07, 6.45) is 7.73. The Labute approximate surface area is 227 Å². The van der Waals surface area contributed by atoms with E-state index in [1.54, 1.807) is 7.11 Å². The number of carbonyl (C=O) groups excluding carboxylic acids is 1. The van der Waals surface area contributed by atoms with Gasteiger partial charge in [0.15, 0.2) is 5.75 Å². The summed E-state index contributed by atoms with van der Waals surface area (Å²) in [7, 11) is 1.97. The maximum absolute atomic E-state index is 12.5. The number of likely N-dealkylation sites (N-methyl/N-ethyl adjacent to an activating group) is 1. The molecule has 1 saturated carbocycles. The normalized spacial score (nSPS) is 40.7. The van der Waals surface area contributed by atoms with Crippen molar-refractivity contribution in [3.63, 3.8) is 0 Å². The lowest BCUT2D eigenvalue weighted by Gasteiger charge is -2.71. The predicted molar refractivity (Wildman–Crippen MR) is 148 cm³/mol. The molecule has 3 fully saturated rings. The molecule has 4 aliphatic carbocycles. The van der Waals surface area contributed by atoms with Crippen LogP contribution in [0.5, 0.6) is 11.5 Å². The Bertz CT molecular complexity index is 1280. The molecule has 3 heterocycles. The molecule has 3 aliphatic heterocycles. The zero-order valence-corrected chi connectivity index (χ0v) is 24.8. The number of nitrogens with zero attached hydrogens (tertiary/aromatic N) is 1. The number of fused-ring (bicyclic) bond motifs is 1. The van der Waals surface area contributed by atoms with E-state index in [0.29, 0.717) is 18.0 Å². The lowest BCUT2D eigenvalue weighted by Crippen LogP contribution is -2.79. The number of hydrogen-bond donors (Lipinski definition) is 0. The maximum atomic E-state index is 12.5. The largest absolute Gasteiger partial charge is 0.541 e. The second-order valence-electron chi connectivity index (χ2n) is 14.2. The van der Waals surface area contributed by atoms with Crippen LogP contribution in [0.15, 0.2) is 36.4 Å². The third-order valence-corrected chi connectivity index (χ3v) is 16.1. The Hall–Kier alpha value is -2.09. The van der Waals surface area contributed by atoms with E-state index in [4.69, 9.17) is 18.6 Å². The first-order valence-electron chi connectivity index (χ1n) is 14.2. The molecule has 8 rings (SSSR count). The molecule has 0 N–H and O–H groups in total. The average Bonchev–Trinajstić information content (AvgIpc) is 3.39. The third-order valence-electron chi connectivity index (χ3n) is 11.7. The van der Waals surface area contributed by atoms with Gasteiger partial charge in [0.1, 0.15) is 23.6 Å². The summed E-state index contributed by atoms with van der Waals surface area (Å²) in [4.78, 5) is 15.0. The number of likely N-dealkylation sites (tertiary alicyclic amines) is 1. The summed E-state index contributed by atoms with van der Waals surface area (Å²) >= 11 is 0. The van der Waals surface area contributed by atoms with Gasteiger partial charge in [-0.05, 0) is 62.6 Å². The van der Waals surface area contributed by atoms with Crippen molar-refractivity contribution >= 4 is 14.3 Å². The number of rotatable bonds is 4. The minimum Gasteiger partial charge on any atom is -0.541 e. The Morgan fingerprint density at radius 2 is 1.92 bits per heavy atom. The number of hydrogen-bond acceptors (Lipinski definition) is 6. The molecular weight excluding hydrogens is 494 g/mol. The van der Waals surface area contributed by atoms with E-state index in [-0.39, 0.29) is 40.0 Å². The van der Waals surface area contributed by atoms with Crippen molar-refractivity contribution in [1.82, 2.24) is 4.90 Å². The first kappa shape index (κ1) is 24.9. The fourth-order valence-corrected chi connectivity index (χ4v) is 9.86. The molecule has 38 heavy (non-hydrogen) atoms. The third kappa shape index (κ3) is 2.69. The Balaban J connectivity index is 1.43. The number of cyclic esters (lactones) is 1. The van der Waals surface area contributed by atoms with Gasteiger partial charge in [-0.2, -0.15) is 0 Å². The highest BCUT2D eigenvalue weighted by atomic mass is 28.4. The highest BCUT2D eigenvalue weighted by molar-refractivity contribution is 6.74. The molecule has 7 heteroatoms. The number of methoxy groups -OCH3 is 1. The standard InChI is InChI=1S/C31H41NO5Si/c1-18-15-22(35-26(18)33)20-17-29-11-12-31(20,34-6)27-30(29)13-14-32(5)23(29)16-19-9-10-21(25(36-27)24(19)30)37-38(7,8)28(2,3)4/h9-12,20,22-23,27H,1,13-17H2,2-8H3/t20-,22-,23-,27-,29-,30+,31-/m1/s1. The molecular formula is C31H41NO5Si. The molecule has 4 bridgehead atoms. The molecule has 0 radical (unpaired) electrons. The van der Waals surface area contributed by atoms with E-state index in [0.717, 1.165) is 37.3 Å². The van der Waals surface area contributed by atoms with Crippen molar-refractivity contribution in [2.75, 3.05) is 20.7 Å². The van der Waals surface area contributed by atoms with Gasteiger partial charge in [-0.25, -0.2) is 4.79 Å².